The molecule has 5 nitrogen and oxygen atoms in total. The van der Waals surface area contributed by atoms with Gasteiger partial charge in [-0.1, -0.05) is 23.8 Å². The molecule has 1 saturated heterocycles. The second-order valence-electron chi connectivity index (χ2n) is 7.96. The van der Waals surface area contributed by atoms with Crippen LogP contribution in [-0.4, -0.2) is 42.4 Å². The largest absolute Gasteiger partial charge is 0.493 e. The van der Waals surface area contributed by atoms with Crippen LogP contribution in [0.1, 0.15) is 46.5 Å². The van der Waals surface area contributed by atoms with Gasteiger partial charge >= 0.3 is 6.09 Å². The smallest absolute Gasteiger partial charge is 0.411 e. The first kappa shape index (κ1) is 18.6. The Morgan fingerprint density at radius 1 is 1.19 bits per heavy atom. The molecule has 5 heteroatoms. The van der Waals surface area contributed by atoms with Gasteiger partial charge < -0.3 is 14.2 Å². The third-order valence-corrected chi connectivity index (χ3v) is 4.83. The number of hydrogen-bond donors (Lipinski definition) is 0. The minimum atomic E-state index is -0.455. The van der Waals surface area contributed by atoms with Crippen LogP contribution in [0.15, 0.2) is 35.9 Å². The van der Waals surface area contributed by atoms with E-state index in [1.54, 1.807) is 7.11 Å². The fourth-order valence-electron chi connectivity index (χ4n) is 3.73. The lowest BCUT2D eigenvalue weighted by Gasteiger charge is -2.35. The summed E-state index contributed by atoms with van der Waals surface area (Å²) in [6, 6.07) is 8.09. The van der Waals surface area contributed by atoms with Crippen molar-refractivity contribution in [1.29, 1.82) is 0 Å². The van der Waals surface area contributed by atoms with Crippen LogP contribution < -0.4 is 9.47 Å². The third-order valence-electron chi connectivity index (χ3n) is 4.83. The Morgan fingerprint density at radius 2 is 1.92 bits per heavy atom. The highest BCUT2D eigenvalue weighted by Crippen LogP contribution is 2.37. The molecule has 1 fully saturated rings. The van der Waals surface area contributed by atoms with Crippen molar-refractivity contribution in [2.75, 3.05) is 13.7 Å². The highest BCUT2D eigenvalue weighted by Gasteiger charge is 2.41. The topological polar surface area (TPSA) is 48.0 Å². The summed E-state index contributed by atoms with van der Waals surface area (Å²) >= 11 is 0. The van der Waals surface area contributed by atoms with E-state index in [1.165, 1.54) is 5.57 Å². The molecule has 2 aliphatic rings. The Labute approximate surface area is 155 Å². The Bertz CT molecular complexity index is 677. The van der Waals surface area contributed by atoms with Gasteiger partial charge in [0.25, 0.3) is 0 Å². The van der Waals surface area contributed by atoms with Gasteiger partial charge in [-0.25, -0.2) is 4.79 Å². The summed E-state index contributed by atoms with van der Waals surface area (Å²) in [6.45, 7) is 6.34. The Balaban J connectivity index is 1.57. The van der Waals surface area contributed by atoms with Gasteiger partial charge in [-0.15, -0.1) is 0 Å². The average Bonchev–Trinajstić information content (AvgIpc) is 2.85. The third kappa shape index (κ3) is 4.32. The van der Waals surface area contributed by atoms with E-state index in [0.717, 1.165) is 37.2 Å². The first-order valence-corrected chi connectivity index (χ1v) is 9.34. The summed E-state index contributed by atoms with van der Waals surface area (Å²) in [4.78, 5) is 14.4. The van der Waals surface area contributed by atoms with E-state index in [1.807, 2.05) is 49.9 Å². The lowest BCUT2D eigenvalue weighted by atomic mass is 9.99. The van der Waals surface area contributed by atoms with E-state index < -0.39 is 5.60 Å². The van der Waals surface area contributed by atoms with Crippen molar-refractivity contribution in [3.8, 4) is 11.5 Å². The van der Waals surface area contributed by atoms with Crippen molar-refractivity contribution in [2.24, 2.45) is 0 Å². The van der Waals surface area contributed by atoms with Gasteiger partial charge in [0.2, 0.25) is 0 Å². The second kappa shape index (κ2) is 7.60. The number of carbonyl (C=O) groups excluding carboxylic acids is 1. The van der Waals surface area contributed by atoms with Crippen LogP contribution in [-0.2, 0) is 4.74 Å². The molecular formula is C21H29NO4. The maximum Gasteiger partial charge on any atom is 0.411 e. The Kier molecular flexibility index (Phi) is 5.44. The second-order valence-corrected chi connectivity index (χ2v) is 7.96. The highest BCUT2D eigenvalue weighted by molar-refractivity contribution is 5.70. The molecule has 142 valence electrons. The van der Waals surface area contributed by atoms with Crippen LogP contribution in [0.4, 0.5) is 4.79 Å². The number of nitrogens with zero attached hydrogens (tertiary/aromatic N) is 1. The predicted octanol–water partition coefficient (Wildman–Crippen LogP) is 4.56. The maximum atomic E-state index is 12.5. The molecule has 0 spiro atoms. The molecule has 2 aliphatic heterocycles. The lowest BCUT2D eigenvalue weighted by Crippen LogP contribution is -2.45. The summed E-state index contributed by atoms with van der Waals surface area (Å²) < 4.78 is 16.8. The minimum Gasteiger partial charge on any atom is -0.493 e. The van der Waals surface area contributed by atoms with Gasteiger partial charge in [0.1, 0.15) is 5.60 Å². The van der Waals surface area contributed by atoms with E-state index in [4.69, 9.17) is 14.2 Å². The van der Waals surface area contributed by atoms with Gasteiger partial charge in [0.05, 0.1) is 19.8 Å². The van der Waals surface area contributed by atoms with Gasteiger partial charge in [0.15, 0.2) is 11.5 Å². The van der Waals surface area contributed by atoms with Gasteiger partial charge in [0, 0.05) is 12.5 Å². The normalized spacial score (nSPS) is 22.0. The SMILES string of the molecule is COc1ccccc1OCCC1=CC2CCC(C1)N2C(=O)OC(C)(C)C. The van der Waals surface area contributed by atoms with E-state index in [9.17, 15) is 4.79 Å². The molecule has 26 heavy (non-hydrogen) atoms. The van der Waals surface area contributed by atoms with E-state index in [0.29, 0.717) is 6.61 Å². The highest BCUT2D eigenvalue weighted by atomic mass is 16.6. The van der Waals surface area contributed by atoms with Crippen LogP contribution in [0.25, 0.3) is 0 Å². The van der Waals surface area contributed by atoms with Gasteiger partial charge in [-0.2, -0.15) is 0 Å². The van der Waals surface area contributed by atoms with Crippen molar-refractivity contribution in [2.45, 2.75) is 64.1 Å². The molecule has 0 radical (unpaired) electrons. The van der Waals surface area contributed by atoms with Crippen LogP contribution in [0.3, 0.4) is 0 Å². The fraction of sp³-hybridized carbons (Fsp3) is 0.571. The lowest BCUT2D eigenvalue weighted by molar-refractivity contribution is 0.0165. The average molecular weight is 359 g/mol. The zero-order valence-electron chi connectivity index (χ0n) is 16.2. The Hall–Kier alpha value is -2.17. The molecule has 1 aromatic rings. The summed E-state index contributed by atoms with van der Waals surface area (Å²) in [5.41, 5.74) is 0.913. The van der Waals surface area contributed by atoms with Crippen molar-refractivity contribution in [3.63, 3.8) is 0 Å². The first-order valence-electron chi connectivity index (χ1n) is 9.34. The molecule has 1 amide bonds. The molecule has 1 aromatic carbocycles. The number of carbonyl (C=O) groups is 1. The molecule has 2 unspecified atom stereocenters. The monoisotopic (exact) mass is 359 g/mol. The quantitative estimate of drug-likeness (QED) is 0.723. The number of rotatable bonds is 5. The number of benzene rings is 1. The van der Waals surface area contributed by atoms with E-state index >= 15 is 0 Å². The molecule has 2 atom stereocenters. The number of methoxy groups -OCH3 is 1. The number of hydrogen-bond acceptors (Lipinski definition) is 4. The summed E-state index contributed by atoms with van der Waals surface area (Å²) in [6.07, 6.45) is 5.88. The molecule has 2 bridgehead atoms. The fourth-order valence-corrected chi connectivity index (χ4v) is 3.73. The standard InChI is InChI=1S/C21H29NO4/c1-21(2,3)26-20(23)22-16-9-10-17(22)14-15(13-16)11-12-25-19-8-6-5-7-18(19)24-4/h5-8,13,16-17H,9-12,14H2,1-4H3. The maximum absolute atomic E-state index is 12.5. The number of fused-ring (bicyclic) bond motifs is 2. The molecular weight excluding hydrogens is 330 g/mol. The summed E-state index contributed by atoms with van der Waals surface area (Å²) in [5, 5.41) is 0. The molecule has 0 saturated carbocycles. The zero-order chi connectivity index (χ0) is 18.7. The van der Waals surface area contributed by atoms with E-state index in [-0.39, 0.29) is 18.2 Å². The number of amides is 1. The minimum absolute atomic E-state index is 0.157. The summed E-state index contributed by atoms with van der Waals surface area (Å²) in [5.74, 6) is 1.52. The zero-order valence-corrected chi connectivity index (χ0v) is 16.2. The molecule has 0 aromatic heterocycles. The number of ether oxygens (including phenoxy) is 3. The molecule has 0 N–H and O–H groups in total. The predicted molar refractivity (Wildman–Crippen MR) is 101 cm³/mol. The van der Waals surface area contributed by atoms with Gasteiger partial charge in [-0.3, -0.25) is 4.90 Å². The molecule has 3 rings (SSSR count). The van der Waals surface area contributed by atoms with Crippen molar-refractivity contribution < 1.29 is 19.0 Å². The van der Waals surface area contributed by atoms with Crippen molar-refractivity contribution in [3.05, 3.63) is 35.9 Å². The molecule has 2 heterocycles. The van der Waals surface area contributed by atoms with Gasteiger partial charge in [-0.05, 0) is 52.2 Å². The van der Waals surface area contributed by atoms with Crippen LogP contribution in [0.2, 0.25) is 0 Å². The number of para-hydroxylation sites is 2. The Morgan fingerprint density at radius 3 is 2.58 bits per heavy atom. The van der Waals surface area contributed by atoms with Crippen molar-refractivity contribution >= 4 is 6.09 Å². The van der Waals surface area contributed by atoms with Crippen LogP contribution >= 0.6 is 0 Å². The van der Waals surface area contributed by atoms with Crippen molar-refractivity contribution in [1.82, 2.24) is 4.90 Å². The van der Waals surface area contributed by atoms with Crippen LogP contribution in [0, 0.1) is 0 Å². The summed E-state index contributed by atoms with van der Waals surface area (Å²) in [7, 11) is 1.65. The first-order chi connectivity index (χ1) is 12.4. The van der Waals surface area contributed by atoms with E-state index in [2.05, 4.69) is 6.08 Å². The molecule has 0 aliphatic carbocycles. The van der Waals surface area contributed by atoms with Crippen LogP contribution in [0.5, 0.6) is 11.5 Å².